The highest BCUT2D eigenvalue weighted by Crippen LogP contribution is 2.36. The van der Waals surface area contributed by atoms with E-state index < -0.39 is 17.6 Å². The minimum Gasteiger partial charge on any atom is -0.383 e. The molecule has 1 fully saturated rings. The molecular formula is C25H26F3N5O. The molecule has 6 nitrogen and oxygen atoms in total. The highest BCUT2D eigenvalue weighted by molar-refractivity contribution is 5.80. The number of carbonyl (C=O) groups excluding carboxylic acids is 1. The van der Waals surface area contributed by atoms with Gasteiger partial charge in [-0.15, -0.1) is 0 Å². The number of hydrogen-bond donors (Lipinski definition) is 3. The van der Waals surface area contributed by atoms with Crippen LogP contribution in [0.2, 0.25) is 0 Å². The molecule has 3 aromatic rings. The molecule has 178 valence electrons. The molecule has 2 aromatic carbocycles. The summed E-state index contributed by atoms with van der Waals surface area (Å²) in [6, 6.07) is 9.82. The summed E-state index contributed by atoms with van der Waals surface area (Å²) >= 11 is 0. The number of nitrogens with zero attached hydrogens (tertiary/aromatic N) is 2. The quantitative estimate of drug-likeness (QED) is 0.281. The zero-order chi connectivity index (χ0) is 24.2. The lowest BCUT2D eigenvalue weighted by atomic mass is 9.96. The number of piperazine rings is 1. The number of hydrogen-bond acceptors (Lipinski definition) is 5. The molecule has 0 aliphatic carbocycles. The number of rotatable bonds is 7. The second-order valence-electron chi connectivity index (χ2n) is 8.22. The van der Waals surface area contributed by atoms with Gasteiger partial charge in [-0.3, -0.25) is 4.79 Å². The zero-order valence-corrected chi connectivity index (χ0v) is 18.8. The smallest absolute Gasteiger partial charge is 0.222 e. The largest absolute Gasteiger partial charge is 0.383 e. The molecule has 1 saturated heterocycles. The van der Waals surface area contributed by atoms with Gasteiger partial charge in [-0.05, 0) is 48.2 Å². The van der Waals surface area contributed by atoms with E-state index in [-0.39, 0.29) is 22.6 Å². The Balaban J connectivity index is 1.74. The first kappa shape index (κ1) is 23.6. The molecule has 0 bridgehead atoms. The summed E-state index contributed by atoms with van der Waals surface area (Å²) in [7, 11) is 0. The van der Waals surface area contributed by atoms with Gasteiger partial charge in [0.25, 0.3) is 0 Å². The lowest BCUT2D eigenvalue weighted by Gasteiger charge is -2.30. The van der Waals surface area contributed by atoms with Gasteiger partial charge in [0.05, 0.1) is 5.69 Å². The second-order valence-corrected chi connectivity index (χ2v) is 8.22. The summed E-state index contributed by atoms with van der Waals surface area (Å²) in [6.45, 7) is 4.85. The predicted molar refractivity (Wildman–Crippen MR) is 127 cm³/mol. The number of halogens is 3. The minimum atomic E-state index is -1.13. The molecule has 1 aromatic heterocycles. The van der Waals surface area contributed by atoms with Crippen LogP contribution in [0.1, 0.15) is 11.1 Å². The van der Waals surface area contributed by atoms with Crippen molar-refractivity contribution in [2.24, 2.45) is 0 Å². The molecule has 0 atom stereocenters. The second kappa shape index (κ2) is 10.1. The molecular weight excluding hydrogens is 443 g/mol. The van der Waals surface area contributed by atoms with Gasteiger partial charge in [-0.1, -0.05) is 18.2 Å². The van der Waals surface area contributed by atoms with Crippen LogP contribution in [-0.4, -0.2) is 44.1 Å². The van der Waals surface area contributed by atoms with Crippen LogP contribution < -0.4 is 21.3 Å². The van der Waals surface area contributed by atoms with Crippen LogP contribution in [0, 0.1) is 24.5 Å². The average Bonchev–Trinajstić information content (AvgIpc) is 2.83. The highest BCUT2D eigenvalue weighted by Gasteiger charge is 2.23. The fraction of sp³-hybridized carbons (Fsp3) is 0.280. The van der Waals surface area contributed by atoms with Gasteiger partial charge in [0.15, 0.2) is 11.6 Å². The fourth-order valence-corrected chi connectivity index (χ4v) is 4.20. The van der Waals surface area contributed by atoms with Crippen molar-refractivity contribution < 1.29 is 18.0 Å². The third-order valence-electron chi connectivity index (χ3n) is 6.10. The third-order valence-corrected chi connectivity index (χ3v) is 6.10. The van der Waals surface area contributed by atoms with Crippen molar-refractivity contribution in [3.8, 4) is 22.3 Å². The molecule has 34 heavy (non-hydrogen) atoms. The standard InChI is InChI=1S/C25H26F3N5O/c1-15-2-3-17(12-16(15)6-7-31-14-34)19-13-20(24(28)32-25(19)29)18-4-5-21(23(27)22(18)26)33-10-8-30-9-11-33/h2-5,12-14,30H,6-11H2,1H3,(H2,29,32)(H,31,34). The summed E-state index contributed by atoms with van der Waals surface area (Å²) in [4.78, 5) is 16.1. The van der Waals surface area contributed by atoms with E-state index in [2.05, 4.69) is 15.6 Å². The van der Waals surface area contributed by atoms with Crippen LogP contribution in [0.25, 0.3) is 22.3 Å². The number of nitrogens with one attached hydrogen (secondary N) is 2. The van der Waals surface area contributed by atoms with Gasteiger partial charge in [0, 0.05) is 49.4 Å². The highest BCUT2D eigenvalue weighted by atomic mass is 19.2. The lowest BCUT2D eigenvalue weighted by Crippen LogP contribution is -2.44. The summed E-state index contributed by atoms with van der Waals surface area (Å²) in [6.07, 6.45) is 1.22. The number of amides is 1. The number of nitrogen functional groups attached to an aromatic ring is 1. The number of anilines is 2. The van der Waals surface area contributed by atoms with E-state index in [0.717, 1.165) is 11.1 Å². The number of aryl methyl sites for hydroxylation is 1. The van der Waals surface area contributed by atoms with E-state index in [1.807, 2.05) is 25.1 Å². The number of carbonyl (C=O) groups is 1. The molecule has 9 heteroatoms. The first-order chi connectivity index (χ1) is 16.4. The average molecular weight is 470 g/mol. The van der Waals surface area contributed by atoms with Gasteiger partial charge in [-0.25, -0.2) is 13.8 Å². The van der Waals surface area contributed by atoms with Crippen molar-refractivity contribution in [1.29, 1.82) is 0 Å². The van der Waals surface area contributed by atoms with Crippen LogP contribution >= 0.6 is 0 Å². The van der Waals surface area contributed by atoms with Gasteiger partial charge < -0.3 is 21.3 Å². The van der Waals surface area contributed by atoms with E-state index in [1.165, 1.54) is 18.2 Å². The first-order valence-electron chi connectivity index (χ1n) is 11.1. The molecule has 2 heterocycles. The predicted octanol–water partition coefficient (Wildman–Crippen LogP) is 3.42. The zero-order valence-electron chi connectivity index (χ0n) is 18.8. The van der Waals surface area contributed by atoms with Crippen LogP contribution in [-0.2, 0) is 11.2 Å². The van der Waals surface area contributed by atoms with E-state index in [0.29, 0.717) is 56.7 Å². The monoisotopic (exact) mass is 469 g/mol. The van der Waals surface area contributed by atoms with Crippen molar-refractivity contribution in [3.63, 3.8) is 0 Å². The molecule has 4 rings (SSSR count). The third kappa shape index (κ3) is 4.70. The minimum absolute atomic E-state index is 0.0552. The van der Waals surface area contributed by atoms with Gasteiger partial charge in [-0.2, -0.15) is 4.39 Å². The van der Waals surface area contributed by atoms with Crippen LogP contribution in [0.3, 0.4) is 0 Å². The summed E-state index contributed by atoms with van der Waals surface area (Å²) in [5.74, 6) is -3.17. The van der Waals surface area contributed by atoms with Gasteiger partial charge in [0.2, 0.25) is 12.4 Å². The number of benzene rings is 2. The van der Waals surface area contributed by atoms with Crippen molar-refractivity contribution >= 4 is 17.9 Å². The molecule has 1 aliphatic heterocycles. The normalized spacial score (nSPS) is 13.7. The van der Waals surface area contributed by atoms with Crippen molar-refractivity contribution in [3.05, 3.63) is 65.1 Å². The molecule has 0 radical (unpaired) electrons. The van der Waals surface area contributed by atoms with Crippen molar-refractivity contribution in [1.82, 2.24) is 15.6 Å². The molecule has 1 aliphatic rings. The fourth-order valence-electron chi connectivity index (χ4n) is 4.20. The lowest BCUT2D eigenvalue weighted by molar-refractivity contribution is -0.109. The molecule has 0 spiro atoms. The van der Waals surface area contributed by atoms with E-state index >= 15 is 4.39 Å². The maximum absolute atomic E-state index is 15.1. The molecule has 1 amide bonds. The number of pyridine rings is 1. The van der Waals surface area contributed by atoms with E-state index in [9.17, 15) is 13.6 Å². The van der Waals surface area contributed by atoms with Gasteiger partial charge >= 0.3 is 0 Å². The Kier molecular flexibility index (Phi) is 7.02. The molecule has 0 saturated carbocycles. The number of aromatic nitrogens is 1. The number of nitrogens with two attached hydrogens (primary N) is 1. The molecule has 4 N–H and O–H groups in total. The Labute approximate surface area is 196 Å². The maximum Gasteiger partial charge on any atom is 0.222 e. The van der Waals surface area contributed by atoms with Crippen LogP contribution in [0.5, 0.6) is 0 Å². The Bertz CT molecular complexity index is 1210. The molecule has 0 unspecified atom stereocenters. The van der Waals surface area contributed by atoms with Crippen molar-refractivity contribution in [2.75, 3.05) is 43.4 Å². The van der Waals surface area contributed by atoms with E-state index in [1.54, 1.807) is 4.90 Å². The summed E-state index contributed by atoms with van der Waals surface area (Å²) in [5, 5.41) is 5.79. The van der Waals surface area contributed by atoms with Crippen LogP contribution in [0.4, 0.5) is 24.7 Å². The summed E-state index contributed by atoms with van der Waals surface area (Å²) < 4.78 is 44.9. The van der Waals surface area contributed by atoms with Gasteiger partial charge in [0.1, 0.15) is 5.82 Å². The Morgan fingerprint density at radius 1 is 1.06 bits per heavy atom. The summed E-state index contributed by atoms with van der Waals surface area (Å²) in [5.41, 5.74) is 8.83. The van der Waals surface area contributed by atoms with Crippen LogP contribution in [0.15, 0.2) is 36.4 Å². The Hall–Kier alpha value is -3.59. The van der Waals surface area contributed by atoms with E-state index in [4.69, 9.17) is 5.73 Å². The Morgan fingerprint density at radius 2 is 1.82 bits per heavy atom. The first-order valence-corrected chi connectivity index (χ1v) is 11.1. The maximum atomic E-state index is 15.1. The SMILES string of the molecule is Cc1ccc(-c2cc(-c3ccc(N4CCNCC4)c(F)c3F)c(F)nc2N)cc1CCNC=O. The Morgan fingerprint density at radius 3 is 2.56 bits per heavy atom. The topological polar surface area (TPSA) is 83.3 Å². The van der Waals surface area contributed by atoms with Crippen molar-refractivity contribution in [2.45, 2.75) is 13.3 Å².